The summed E-state index contributed by atoms with van der Waals surface area (Å²) >= 11 is 0. The van der Waals surface area contributed by atoms with Crippen molar-refractivity contribution in [1.82, 2.24) is 0 Å². The third kappa shape index (κ3) is 15.9. The largest absolute Gasteiger partial charge is 0.481 e. The van der Waals surface area contributed by atoms with Crippen molar-refractivity contribution in [3.63, 3.8) is 0 Å². The Bertz CT molecular complexity index is 601. The van der Waals surface area contributed by atoms with Gasteiger partial charge in [0.2, 0.25) is 0 Å². The fraction of sp³-hybridized carbons (Fsp3) is 0.704. The number of hydrogen-bond acceptors (Lipinski definition) is 4. The summed E-state index contributed by atoms with van der Waals surface area (Å²) in [5.41, 5.74) is 1.19. The van der Waals surface area contributed by atoms with Crippen LogP contribution in [0.3, 0.4) is 0 Å². The molecule has 0 aliphatic heterocycles. The zero-order chi connectivity index (χ0) is 23.4. The minimum Gasteiger partial charge on any atom is -0.481 e. The Kier molecular flexibility index (Phi) is 16.4. The van der Waals surface area contributed by atoms with Gasteiger partial charge in [-0.3, -0.25) is 9.59 Å². The van der Waals surface area contributed by atoms with Crippen LogP contribution in [0.4, 0.5) is 0 Å². The topological polar surface area (TPSA) is 72.8 Å². The van der Waals surface area contributed by atoms with E-state index in [1.165, 1.54) is 38.2 Å². The molecular formula is C27H44O5. The first-order chi connectivity index (χ1) is 15.5. The van der Waals surface area contributed by atoms with E-state index < -0.39 is 5.97 Å². The lowest BCUT2D eigenvalue weighted by atomic mass is 10.0. The lowest BCUT2D eigenvalue weighted by molar-refractivity contribution is -0.147. The molecule has 5 nitrogen and oxygen atoms in total. The van der Waals surface area contributed by atoms with E-state index in [0.29, 0.717) is 13.0 Å². The van der Waals surface area contributed by atoms with Gasteiger partial charge in [-0.25, -0.2) is 0 Å². The van der Waals surface area contributed by atoms with Crippen molar-refractivity contribution in [2.75, 3.05) is 0 Å². The van der Waals surface area contributed by atoms with E-state index in [2.05, 4.69) is 19.1 Å². The molecule has 0 radical (unpaired) electrons. The van der Waals surface area contributed by atoms with Gasteiger partial charge in [0.25, 0.3) is 0 Å². The van der Waals surface area contributed by atoms with E-state index in [4.69, 9.17) is 14.6 Å². The van der Waals surface area contributed by atoms with Crippen LogP contribution in [-0.4, -0.2) is 29.3 Å². The Morgan fingerprint density at radius 2 is 1.41 bits per heavy atom. The van der Waals surface area contributed by atoms with Crippen LogP contribution in [0.1, 0.15) is 109 Å². The average molecular weight is 449 g/mol. The SMILES string of the molecule is CCCC(CCC(CCCCCCCCCCC(=O)O)OCc1ccccc1)OC(C)=O. The third-order valence-electron chi connectivity index (χ3n) is 5.75. The number of unbranched alkanes of at least 4 members (excludes halogenated alkanes) is 7. The molecule has 0 aliphatic carbocycles. The van der Waals surface area contributed by atoms with Crippen LogP contribution in [0.25, 0.3) is 0 Å². The Balaban J connectivity index is 2.32. The summed E-state index contributed by atoms with van der Waals surface area (Å²) in [7, 11) is 0. The molecule has 0 spiro atoms. The second-order valence-electron chi connectivity index (χ2n) is 8.78. The fourth-order valence-electron chi connectivity index (χ4n) is 4.00. The number of esters is 1. The molecule has 182 valence electrons. The van der Waals surface area contributed by atoms with Crippen molar-refractivity contribution >= 4 is 11.9 Å². The number of carboxylic acid groups (broad SMARTS) is 1. The summed E-state index contributed by atoms with van der Waals surface area (Å²) < 4.78 is 11.8. The zero-order valence-electron chi connectivity index (χ0n) is 20.2. The highest BCUT2D eigenvalue weighted by Crippen LogP contribution is 2.20. The molecule has 2 unspecified atom stereocenters. The maximum absolute atomic E-state index is 11.4. The number of hydrogen-bond donors (Lipinski definition) is 1. The quantitative estimate of drug-likeness (QED) is 0.171. The van der Waals surface area contributed by atoms with Gasteiger partial charge in [0, 0.05) is 13.3 Å². The summed E-state index contributed by atoms with van der Waals surface area (Å²) in [5.74, 6) is -0.893. The first kappa shape index (κ1) is 28.2. The highest BCUT2D eigenvalue weighted by atomic mass is 16.5. The molecule has 1 N–H and O–H groups in total. The molecule has 0 fully saturated rings. The number of benzene rings is 1. The Morgan fingerprint density at radius 3 is 2.00 bits per heavy atom. The van der Waals surface area contributed by atoms with Crippen molar-refractivity contribution in [3.8, 4) is 0 Å². The van der Waals surface area contributed by atoms with Gasteiger partial charge in [0.15, 0.2) is 0 Å². The molecule has 32 heavy (non-hydrogen) atoms. The van der Waals surface area contributed by atoms with Crippen LogP contribution < -0.4 is 0 Å². The fourth-order valence-corrected chi connectivity index (χ4v) is 4.00. The minimum absolute atomic E-state index is 0.0125. The molecule has 0 aromatic heterocycles. The van der Waals surface area contributed by atoms with E-state index in [9.17, 15) is 9.59 Å². The number of carboxylic acids is 1. The average Bonchev–Trinajstić information content (AvgIpc) is 2.76. The number of carbonyl (C=O) groups is 2. The molecule has 0 saturated carbocycles. The van der Waals surface area contributed by atoms with Crippen molar-refractivity contribution in [2.45, 2.75) is 123 Å². The van der Waals surface area contributed by atoms with Crippen LogP contribution in [0.2, 0.25) is 0 Å². The van der Waals surface area contributed by atoms with Gasteiger partial charge < -0.3 is 14.6 Å². The summed E-state index contributed by atoms with van der Waals surface area (Å²) in [6.07, 6.45) is 14.1. The van der Waals surface area contributed by atoms with Gasteiger partial charge in [0.05, 0.1) is 12.7 Å². The van der Waals surface area contributed by atoms with Gasteiger partial charge in [0.1, 0.15) is 6.10 Å². The smallest absolute Gasteiger partial charge is 0.303 e. The number of ether oxygens (including phenoxy) is 2. The molecule has 1 rings (SSSR count). The van der Waals surface area contributed by atoms with Crippen molar-refractivity contribution < 1.29 is 24.2 Å². The molecule has 0 heterocycles. The molecule has 0 saturated heterocycles. The van der Waals surface area contributed by atoms with Gasteiger partial charge in [-0.15, -0.1) is 0 Å². The minimum atomic E-state index is -0.692. The molecule has 0 aliphatic rings. The Labute approximate surface area is 194 Å². The third-order valence-corrected chi connectivity index (χ3v) is 5.75. The summed E-state index contributed by atoms with van der Waals surface area (Å²) in [6, 6.07) is 10.3. The Morgan fingerprint density at radius 1 is 0.812 bits per heavy atom. The van der Waals surface area contributed by atoms with Crippen LogP contribution in [-0.2, 0) is 25.7 Å². The van der Waals surface area contributed by atoms with Crippen molar-refractivity contribution in [3.05, 3.63) is 35.9 Å². The number of aliphatic carboxylic acids is 1. The van der Waals surface area contributed by atoms with Crippen LogP contribution in [0.5, 0.6) is 0 Å². The van der Waals surface area contributed by atoms with Crippen molar-refractivity contribution in [2.24, 2.45) is 0 Å². The lowest BCUT2D eigenvalue weighted by Gasteiger charge is -2.22. The van der Waals surface area contributed by atoms with Gasteiger partial charge in [-0.1, -0.05) is 88.6 Å². The van der Waals surface area contributed by atoms with Gasteiger partial charge >= 0.3 is 11.9 Å². The summed E-state index contributed by atoms with van der Waals surface area (Å²) in [4.78, 5) is 21.9. The monoisotopic (exact) mass is 448 g/mol. The molecule has 2 atom stereocenters. The van der Waals surface area contributed by atoms with Crippen LogP contribution >= 0.6 is 0 Å². The van der Waals surface area contributed by atoms with E-state index in [1.807, 2.05) is 18.2 Å². The molecule has 1 aromatic rings. The number of carbonyl (C=O) groups excluding carboxylic acids is 1. The molecule has 0 amide bonds. The predicted molar refractivity (Wildman–Crippen MR) is 129 cm³/mol. The standard InChI is InChI=1S/C27H44O5/c1-3-15-26(32-23(2)28)21-20-25(31-22-24-16-11-10-12-17-24)18-13-8-6-4-5-7-9-14-19-27(29)30/h10-12,16-17,25-26H,3-9,13-15,18-22H2,1-2H3,(H,29,30). The van der Waals surface area contributed by atoms with E-state index >= 15 is 0 Å². The van der Waals surface area contributed by atoms with E-state index in [-0.39, 0.29) is 18.2 Å². The van der Waals surface area contributed by atoms with Crippen molar-refractivity contribution in [1.29, 1.82) is 0 Å². The maximum Gasteiger partial charge on any atom is 0.303 e. The second kappa shape index (κ2) is 18.7. The van der Waals surface area contributed by atoms with Gasteiger partial charge in [-0.2, -0.15) is 0 Å². The van der Waals surface area contributed by atoms with Gasteiger partial charge in [-0.05, 0) is 37.7 Å². The highest BCUT2D eigenvalue weighted by molar-refractivity contribution is 5.66. The predicted octanol–water partition coefficient (Wildman–Crippen LogP) is 7.07. The van der Waals surface area contributed by atoms with E-state index in [1.54, 1.807) is 0 Å². The first-order valence-corrected chi connectivity index (χ1v) is 12.6. The zero-order valence-corrected chi connectivity index (χ0v) is 20.2. The second-order valence-corrected chi connectivity index (χ2v) is 8.78. The summed E-state index contributed by atoms with van der Waals surface area (Å²) in [6.45, 7) is 4.22. The molecule has 5 heteroatoms. The summed E-state index contributed by atoms with van der Waals surface area (Å²) in [5, 5.41) is 8.66. The number of rotatable bonds is 20. The lowest BCUT2D eigenvalue weighted by Crippen LogP contribution is -2.21. The first-order valence-electron chi connectivity index (χ1n) is 12.6. The normalized spacial score (nSPS) is 12.9. The molecule has 0 bridgehead atoms. The molecule has 1 aromatic carbocycles. The van der Waals surface area contributed by atoms with E-state index in [0.717, 1.165) is 57.8 Å². The van der Waals surface area contributed by atoms with Crippen LogP contribution in [0, 0.1) is 0 Å². The maximum atomic E-state index is 11.4. The Hall–Kier alpha value is -1.88. The molecular weight excluding hydrogens is 404 g/mol. The highest BCUT2D eigenvalue weighted by Gasteiger charge is 2.16. The van der Waals surface area contributed by atoms with Crippen LogP contribution in [0.15, 0.2) is 30.3 Å².